The van der Waals surface area contributed by atoms with Crippen molar-refractivity contribution in [3.8, 4) is 11.1 Å². The lowest BCUT2D eigenvalue weighted by molar-refractivity contribution is -0.123. The third-order valence-corrected chi connectivity index (χ3v) is 7.76. The lowest BCUT2D eigenvalue weighted by Gasteiger charge is -2.50. The highest BCUT2D eigenvalue weighted by Crippen LogP contribution is 2.52. The number of benzene rings is 1. The highest BCUT2D eigenvalue weighted by atomic mass is 16.5. The number of pyridine rings is 1. The van der Waals surface area contributed by atoms with Crippen molar-refractivity contribution in [3.05, 3.63) is 76.9 Å². The molecule has 34 heavy (non-hydrogen) atoms. The topological polar surface area (TPSA) is 88.0 Å². The van der Waals surface area contributed by atoms with Crippen LogP contribution in [0.25, 0.3) is 11.1 Å². The van der Waals surface area contributed by atoms with E-state index in [-0.39, 0.29) is 17.6 Å². The molecule has 174 valence electrons. The summed E-state index contributed by atoms with van der Waals surface area (Å²) in [7, 11) is 0. The van der Waals surface area contributed by atoms with E-state index in [0.717, 1.165) is 71.5 Å². The van der Waals surface area contributed by atoms with Crippen LogP contribution < -0.4 is 10.6 Å². The number of amides is 1. The molecule has 0 aliphatic carbocycles. The number of hydrogen-bond donors (Lipinski definition) is 2. The molecule has 4 aliphatic heterocycles. The summed E-state index contributed by atoms with van der Waals surface area (Å²) < 4.78 is 5.79. The monoisotopic (exact) mass is 455 g/mol. The normalized spacial score (nSPS) is 29.9. The summed E-state index contributed by atoms with van der Waals surface area (Å²) in [5.74, 6) is -0.0162. The number of carbonyl (C=O) groups is 1. The molecule has 1 spiro atoms. The van der Waals surface area contributed by atoms with E-state index in [2.05, 4.69) is 63.1 Å². The van der Waals surface area contributed by atoms with Crippen LogP contribution >= 0.6 is 0 Å². The zero-order chi connectivity index (χ0) is 23.3. The highest BCUT2D eigenvalue weighted by Gasteiger charge is 2.54. The molecule has 1 aromatic carbocycles. The zero-order valence-corrected chi connectivity index (χ0v) is 19.6. The number of azo groups is 1. The number of nitrogens with zero attached hydrogens (tertiary/aromatic N) is 3. The van der Waals surface area contributed by atoms with E-state index < -0.39 is 5.41 Å². The van der Waals surface area contributed by atoms with E-state index in [1.165, 1.54) is 0 Å². The lowest BCUT2D eigenvalue weighted by Crippen LogP contribution is -2.62. The van der Waals surface area contributed by atoms with Gasteiger partial charge in [0, 0.05) is 36.2 Å². The maximum Gasteiger partial charge on any atom is 0.250 e. The second-order valence-electron chi connectivity index (χ2n) is 9.81. The molecular weight excluding hydrogens is 426 g/mol. The molecular formula is C27H29N5O2. The zero-order valence-electron chi connectivity index (χ0n) is 19.6. The first-order valence-electron chi connectivity index (χ1n) is 12.1. The minimum atomic E-state index is -0.603. The van der Waals surface area contributed by atoms with Crippen LogP contribution in [0.3, 0.4) is 0 Å². The van der Waals surface area contributed by atoms with Crippen LogP contribution in [0.4, 0.5) is 0 Å². The Balaban J connectivity index is 1.52. The van der Waals surface area contributed by atoms with E-state index in [1.54, 1.807) is 0 Å². The number of nitrogens with one attached hydrogen (secondary N) is 2. The maximum atomic E-state index is 13.9. The Kier molecular flexibility index (Phi) is 4.92. The molecule has 1 amide bonds. The molecule has 1 aromatic heterocycles. The van der Waals surface area contributed by atoms with E-state index in [1.807, 2.05) is 25.4 Å². The molecule has 5 heterocycles. The van der Waals surface area contributed by atoms with E-state index >= 15 is 0 Å². The van der Waals surface area contributed by atoms with Gasteiger partial charge in [0.25, 0.3) is 5.91 Å². The molecule has 1 saturated heterocycles. The lowest BCUT2D eigenvalue weighted by atomic mass is 9.61. The summed E-state index contributed by atoms with van der Waals surface area (Å²) in [4.78, 5) is 18.2. The molecule has 3 atom stereocenters. The largest absolute Gasteiger partial charge is 0.379 e. The van der Waals surface area contributed by atoms with Crippen molar-refractivity contribution in [2.24, 2.45) is 10.2 Å². The number of rotatable bonds is 3. The van der Waals surface area contributed by atoms with Crippen LogP contribution in [0, 0.1) is 6.92 Å². The van der Waals surface area contributed by atoms with E-state index in [9.17, 15) is 4.79 Å². The van der Waals surface area contributed by atoms with Gasteiger partial charge in [0.15, 0.2) is 6.17 Å². The van der Waals surface area contributed by atoms with Crippen LogP contribution in [0.5, 0.6) is 0 Å². The van der Waals surface area contributed by atoms with Crippen molar-refractivity contribution >= 4 is 5.91 Å². The number of fused-ring (bicyclic) bond motifs is 1. The molecule has 2 N–H and O–H groups in total. The number of aromatic nitrogens is 1. The van der Waals surface area contributed by atoms with Crippen LogP contribution in [-0.2, 0) is 14.9 Å². The second kappa shape index (κ2) is 7.87. The Morgan fingerprint density at radius 3 is 2.88 bits per heavy atom. The molecule has 1 fully saturated rings. The fraction of sp³-hybridized carbons (Fsp3) is 0.407. The number of carbonyl (C=O) groups excluding carboxylic acids is 1. The van der Waals surface area contributed by atoms with Gasteiger partial charge in [0.2, 0.25) is 0 Å². The van der Waals surface area contributed by atoms with Gasteiger partial charge >= 0.3 is 0 Å². The summed E-state index contributed by atoms with van der Waals surface area (Å²) in [5, 5.41) is 15.7. The maximum absolute atomic E-state index is 13.9. The first kappa shape index (κ1) is 21.2. The van der Waals surface area contributed by atoms with Crippen LogP contribution in [0.2, 0.25) is 0 Å². The minimum Gasteiger partial charge on any atom is -0.379 e. The van der Waals surface area contributed by atoms with Crippen LogP contribution in [0.1, 0.15) is 43.9 Å². The summed E-state index contributed by atoms with van der Waals surface area (Å²) in [6, 6.07) is 12.7. The van der Waals surface area contributed by atoms with Gasteiger partial charge in [-0.2, -0.15) is 10.2 Å². The summed E-state index contributed by atoms with van der Waals surface area (Å²) in [5.41, 5.74) is 6.13. The first-order chi connectivity index (χ1) is 16.5. The molecule has 0 radical (unpaired) electrons. The average Bonchev–Trinajstić information content (AvgIpc) is 3.32. The third-order valence-electron chi connectivity index (χ3n) is 7.76. The van der Waals surface area contributed by atoms with Crippen LogP contribution in [-0.4, -0.2) is 35.8 Å². The van der Waals surface area contributed by atoms with Crippen molar-refractivity contribution in [2.45, 2.75) is 56.7 Å². The van der Waals surface area contributed by atoms with Gasteiger partial charge in [-0.1, -0.05) is 25.1 Å². The first-order valence-corrected chi connectivity index (χ1v) is 12.1. The highest BCUT2D eigenvalue weighted by molar-refractivity contribution is 6.00. The van der Waals surface area contributed by atoms with Gasteiger partial charge in [0.05, 0.1) is 29.3 Å². The fourth-order valence-corrected chi connectivity index (χ4v) is 6.22. The summed E-state index contributed by atoms with van der Waals surface area (Å²) >= 11 is 0. The quantitative estimate of drug-likeness (QED) is 0.722. The Bertz CT molecular complexity index is 1260. The SMILES string of the molecule is CC[C@]1(c2cccc(-c3ccnc(C)c3)c2)C2=CN=NC2NC2=C1C(=O)N[C@]1(CCCOC1)C2. The fourth-order valence-electron chi connectivity index (χ4n) is 6.22. The minimum absolute atomic E-state index is 0.0162. The van der Waals surface area contributed by atoms with Crippen molar-refractivity contribution in [1.82, 2.24) is 15.6 Å². The van der Waals surface area contributed by atoms with Gasteiger partial charge < -0.3 is 15.4 Å². The predicted octanol–water partition coefficient (Wildman–Crippen LogP) is 4.31. The van der Waals surface area contributed by atoms with Crippen molar-refractivity contribution in [2.75, 3.05) is 13.2 Å². The Morgan fingerprint density at radius 2 is 2.09 bits per heavy atom. The molecule has 0 bridgehead atoms. The molecule has 0 saturated carbocycles. The van der Waals surface area contributed by atoms with Crippen molar-refractivity contribution < 1.29 is 9.53 Å². The van der Waals surface area contributed by atoms with Gasteiger partial charge in [-0.05, 0) is 61.1 Å². The van der Waals surface area contributed by atoms with Gasteiger partial charge in [-0.15, -0.1) is 0 Å². The smallest absolute Gasteiger partial charge is 0.250 e. The van der Waals surface area contributed by atoms with Crippen molar-refractivity contribution in [3.63, 3.8) is 0 Å². The number of hydrogen-bond acceptors (Lipinski definition) is 6. The number of ether oxygens (including phenoxy) is 1. The van der Waals surface area contributed by atoms with Gasteiger partial charge in [-0.25, -0.2) is 0 Å². The average molecular weight is 456 g/mol. The third kappa shape index (κ3) is 3.14. The Morgan fingerprint density at radius 1 is 1.21 bits per heavy atom. The Labute approximate surface area is 199 Å². The van der Waals surface area contributed by atoms with Crippen LogP contribution in [0.15, 0.2) is 75.9 Å². The van der Waals surface area contributed by atoms with E-state index in [0.29, 0.717) is 6.61 Å². The van der Waals surface area contributed by atoms with E-state index in [4.69, 9.17) is 4.74 Å². The molecule has 7 heteroatoms. The molecule has 7 nitrogen and oxygen atoms in total. The van der Waals surface area contributed by atoms with Gasteiger partial charge in [-0.3, -0.25) is 9.78 Å². The molecule has 4 aliphatic rings. The Hall–Kier alpha value is -3.32. The summed E-state index contributed by atoms with van der Waals surface area (Å²) in [6.45, 7) is 5.44. The molecule has 2 aromatic rings. The van der Waals surface area contributed by atoms with Crippen molar-refractivity contribution in [1.29, 1.82) is 0 Å². The summed E-state index contributed by atoms with van der Waals surface area (Å²) in [6.07, 6.45) is 6.75. The number of aryl methyl sites for hydroxylation is 1. The molecule has 1 unspecified atom stereocenters. The standard InChI is InChI=1S/C27H29N5O2/c1-3-27(20-7-4-6-18(13-20)19-8-10-28-17(2)12-19)21-15-29-32-24(21)30-22-14-26(9-5-11-34-16-26)31-25(33)23(22)27/h4,6-8,10,12-13,15,24,30H,3,5,9,11,14,16H2,1-2H3,(H,31,33)/t24?,26-,27+/m1/s1. The molecule has 6 rings (SSSR count). The van der Waals surface area contributed by atoms with Gasteiger partial charge in [0.1, 0.15) is 0 Å². The predicted molar refractivity (Wildman–Crippen MR) is 129 cm³/mol. The second-order valence-corrected chi connectivity index (χ2v) is 9.81.